The molecule has 0 saturated heterocycles. The zero-order valence-corrected chi connectivity index (χ0v) is 16.3. The molecule has 2 aromatic rings. The summed E-state index contributed by atoms with van der Waals surface area (Å²) in [6.07, 6.45) is 2.04. The number of rotatable bonds is 6. The quantitative estimate of drug-likeness (QED) is 0.792. The number of amides is 1. The van der Waals surface area contributed by atoms with Crippen molar-refractivity contribution in [2.45, 2.75) is 33.1 Å². The number of hydrogen-bond acceptors (Lipinski definition) is 3. The number of anilines is 1. The number of carboxylic acid groups (broad SMARTS) is 1. The molecule has 0 aromatic heterocycles. The number of benzene rings is 2. The van der Waals surface area contributed by atoms with E-state index in [1.807, 2.05) is 24.3 Å². The normalized spacial score (nSPS) is 13.8. The van der Waals surface area contributed by atoms with E-state index in [1.54, 1.807) is 43.0 Å². The predicted octanol–water partition coefficient (Wildman–Crippen LogP) is 4.67. The van der Waals surface area contributed by atoms with Gasteiger partial charge in [-0.05, 0) is 69.0 Å². The minimum Gasteiger partial charge on any atom is -0.494 e. The summed E-state index contributed by atoms with van der Waals surface area (Å²) in [4.78, 5) is 25.9. The lowest BCUT2D eigenvalue weighted by Crippen LogP contribution is -2.33. The summed E-state index contributed by atoms with van der Waals surface area (Å²) >= 11 is 0. The number of carbonyl (C=O) groups is 2. The molecule has 0 fully saturated rings. The number of ether oxygens (including phenoxy) is 1. The molecule has 1 heterocycles. The van der Waals surface area contributed by atoms with Gasteiger partial charge in [-0.15, -0.1) is 0 Å². The second kappa shape index (κ2) is 7.89. The first-order valence-electron chi connectivity index (χ1n) is 9.36. The minimum atomic E-state index is -0.848. The number of para-hydroxylation sites is 1. The van der Waals surface area contributed by atoms with Gasteiger partial charge in [-0.3, -0.25) is 14.5 Å². The van der Waals surface area contributed by atoms with Crippen molar-refractivity contribution in [1.29, 1.82) is 0 Å². The molecule has 0 aliphatic carbocycles. The summed E-state index contributed by atoms with van der Waals surface area (Å²) in [5, 5.41) is 9.15. The number of allylic oxidation sites excluding steroid dienone is 1. The molecular weight excluding hydrogens is 354 g/mol. The third-order valence-corrected chi connectivity index (χ3v) is 5.11. The molecule has 5 heteroatoms. The summed E-state index contributed by atoms with van der Waals surface area (Å²) in [5.41, 5.74) is 2.54. The fourth-order valence-corrected chi connectivity index (χ4v) is 3.11. The SMILES string of the molecule is C=C1CCc2ccccc2N1C(=O)c1ccc(OCCC(C)(C)C(=O)O)cc1. The zero-order valence-electron chi connectivity index (χ0n) is 16.3. The molecule has 3 rings (SSSR count). The van der Waals surface area contributed by atoms with Gasteiger partial charge in [-0.2, -0.15) is 0 Å². The van der Waals surface area contributed by atoms with E-state index in [-0.39, 0.29) is 5.91 Å². The predicted molar refractivity (Wildman–Crippen MR) is 109 cm³/mol. The van der Waals surface area contributed by atoms with Crippen LogP contribution in [0.4, 0.5) is 5.69 Å². The minimum absolute atomic E-state index is 0.115. The van der Waals surface area contributed by atoms with Gasteiger partial charge in [0.2, 0.25) is 0 Å². The molecule has 1 N–H and O–H groups in total. The maximum absolute atomic E-state index is 13.1. The second-order valence-electron chi connectivity index (χ2n) is 7.65. The largest absolute Gasteiger partial charge is 0.494 e. The molecular formula is C23H25NO4. The van der Waals surface area contributed by atoms with E-state index in [0.717, 1.165) is 29.8 Å². The van der Waals surface area contributed by atoms with E-state index in [9.17, 15) is 9.59 Å². The number of nitrogens with zero attached hydrogens (tertiary/aromatic N) is 1. The molecule has 0 radical (unpaired) electrons. The van der Waals surface area contributed by atoms with Crippen LogP contribution in [-0.2, 0) is 11.2 Å². The maximum Gasteiger partial charge on any atom is 0.309 e. The van der Waals surface area contributed by atoms with Crippen molar-refractivity contribution in [3.05, 3.63) is 71.9 Å². The molecule has 0 unspecified atom stereocenters. The van der Waals surface area contributed by atoms with Crippen LogP contribution in [0.5, 0.6) is 5.75 Å². The Labute approximate surface area is 165 Å². The van der Waals surface area contributed by atoms with Gasteiger partial charge in [0, 0.05) is 11.3 Å². The number of carbonyl (C=O) groups excluding carboxylic acids is 1. The third kappa shape index (κ3) is 4.09. The maximum atomic E-state index is 13.1. The topological polar surface area (TPSA) is 66.8 Å². The number of carboxylic acids is 1. The smallest absolute Gasteiger partial charge is 0.309 e. The van der Waals surface area contributed by atoms with Gasteiger partial charge in [0.1, 0.15) is 5.75 Å². The first-order valence-corrected chi connectivity index (χ1v) is 9.36. The average molecular weight is 379 g/mol. The van der Waals surface area contributed by atoms with Crippen LogP contribution < -0.4 is 9.64 Å². The highest BCUT2D eigenvalue weighted by atomic mass is 16.5. The van der Waals surface area contributed by atoms with Crippen LogP contribution in [0.1, 0.15) is 42.6 Å². The van der Waals surface area contributed by atoms with Crippen molar-refractivity contribution in [3.8, 4) is 5.75 Å². The lowest BCUT2D eigenvalue weighted by atomic mass is 9.90. The third-order valence-electron chi connectivity index (χ3n) is 5.11. The molecule has 0 bridgehead atoms. The standard InChI is InChI=1S/C23H25NO4/c1-16-8-9-17-6-4-5-7-20(17)24(16)21(25)18-10-12-19(13-11-18)28-15-14-23(2,3)22(26)27/h4-7,10-13H,1,8-9,14-15H2,2-3H3,(H,26,27). The van der Waals surface area contributed by atoms with Gasteiger partial charge in [0.25, 0.3) is 5.91 Å². The molecule has 0 atom stereocenters. The highest BCUT2D eigenvalue weighted by Crippen LogP contribution is 2.33. The summed E-state index contributed by atoms with van der Waals surface area (Å²) in [6, 6.07) is 14.8. The van der Waals surface area contributed by atoms with Crippen LogP contribution in [0.3, 0.4) is 0 Å². The molecule has 0 saturated carbocycles. The van der Waals surface area contributed by atoms with Crippen molar-refractivity contribution >= 4 is 17.6 Å². The van der Waals surface area contributed by atoms with E-state index in [1.165, 1.54) is 0 Å². The average Bonchev–Trinajstić information content (AvgIpc) is 2.68. The van der Waals surface area contributed by atoms with Crippen LogP contribution in [0.15, 0.2) is 60.8 Å². The Balaban J connectivity index is 1.69. The van der Waals surface area contributed by atoms with Crippen molar-refractivity contribution < 1.29 is 19.4 Å². The monoisotopic (exact) mass is 379 g/mol. The summed E-state index contributed by atoms with van der Waals surface area (Å²) in [6.45, 7) is 7.70. The summed E-state index contributed by atoms with van der Waals surface area (Å²) in [5.74, 6) is -0.356. The van der Waals surface area contributed by atoms with Gasteiger partial charge in [0.05, 0.1) is 17.7 Å². The molecule has 1 aliphatic rings. The fraction of sp³-hybridized carbons (Fsp3) is 0.304. The van der Waals surface area contributed by atoms with Crippen molar-refractivity contribution in [2.75, 3.05) is 11.5 Å². The Morgan fingerprint density at radius 1 is 1.11 bits per heavy atom. The first kappa shape index (κ1) is 19.7. The van der Waals surface area contributed by atoms with Gasteiger partial charge in [-0.1, -0.05) is 24.8 Å². The van der Waals surface area contributed by atoms with Crippen LogP contribution in [0, 0.1) is 5.41 Å². The van der Waals surface area contributed by atoms with E-state index in [0.29, 0.717) is 24.3 Å². The van der Waals surface area contributed by atoms with Crippen molar-refractivity contribution in [3.63, 3.8) is 0 Å². The molecule has 1 amide bonds. The molecule has 28 heavy (non-hydrogen) atoms. The number of fused-ring (bicyclic) bond motifs is 1. The molecule has 5 nitrogen and oxygen atoms in total. The second-order valence-corrected chi connectivity index (χ2v) is 7.65. The van der Waals surface area contributed by atoms with E-state index < -0.39 is 11.4 Å². The van der Waals surface area contributed by atoms with Gasteiger partial charge >= 0.3 is 5.97 Å². The van der Waals surface area contributed by atoms with Crippen LogP contribution in [0.25, 0.3) is 0 Å². The Morgan fingerprint density at radius 3 is 2.46 bits per heavy atom. The van der Waals surface area contributed by atoms with Crippen molar-refractivity contribution in [2.24, 2.45) is 5.41 Å². The highest BCUT2D eigenvalue weighted by Gasteiger charge is 2.27. The van der Waals surface area contributed by atoms with Crippen LogP contribution in [0.2, 0.25) is 0 Å². The lowest BCUT2D eigenvalue weighted by Gasteiger charge is -2.31. The van der Waals surface area contributed by atoms with Gasteiger partial charge in [0.15, 0.2) is 0 Å². The molecule has 146 valence electrons. The molecule has 0 spiro atoms. The lowest BCUT2D eigenvalue weighted by molar-refractivity contribution is -0.147. The van der Waals surface area contributed by atoms with Gasteiger partial charge < -0.3 is 9.84 Å². The Kier molecular flexibility index (Phi) is 5.54. The first-order chi connectivity index (χ1) is 13.3. The van der Waals surface area contributed by atoms with E-state index in [2.05, 4.69) is 6.58 Å². The number of aliphatic carboxylic acids is 1. The fourth-order valence-electron chi connectivity index (χ4n) is 3.11. The zero-order chi connectivity index (χ0) is 20.3. The number of hydrogen-bond donors (Lipinski definition) is 1. The Bertz CT molecular complexity index is 899. The van der Waals surface area contributed by atoms with E-state index in [4.69, 9.17) is 9.84 Å². The molecule has 2 aromatic carbocycles. The summed E-state index contributed by atoms with van der Waals surface area (Å²) in [7, 11) is 0. The van der Waals surface area contributed by atoms with E-state index >= 15 is 0 Å². The van der Waals surface area contributed by atoms with Crippen LogP contribution in [-0.4, -0.2) is 23.6 Å². The Hall–Kier alpha value is -3.08. The molecule has 1 aliphatic heterocycles. The summed E-state index contributed by atoms with van der Waals surface area (Å²) < 4.78 is 5.64. The Morgan fingerprint density at radius 2 is 1.79 bits per heavy atom. The van der Waals surface area contributed by atoms with Crippen LogP contribution >= 0.6 is 0 Å². The van der Waals surface area contributed by atoms with Crippen molar-refractivity contribution in [1.82, 2.24) is 0 Å². The number of aryl methyl sites for hydroxylation is 1. The highest BCUT2D eigenvalue weighted by molar-refractivity contribution is 6.08. The van der Waals surface area contributed by atoms with Gasteiger partial charge in [-0.25, -0.2) is 0 Å².